The van der Waals surface area contributed by atoms with Crippen LogP contribution in [0.15, 0.2) is 53.9 Å². The lowest BCUT2D eigenvalue weighted by molar-refractivity contribution is -0.137. The van der Waals surface area contributed by atoms with E-state index < -0.39 is 28.7 Å². The highest BCUT2D eigenvalue weighted by atomic mass is 19.4. The van der Waals surface area contributed by atoms with Gasteiger partial charge in [-0.25, -0.2) is 14.6 Å². The Morgan fingerprint density at radius 2 is 1.72 bits per heavy atom. The molecular weight excluding hydrogens is 489 g/mol. The van der Waals surface area contributed by atoms with E-state index in [0.29, 0.717) is 0 Å². The van der Waals surface area contributed by atoms with Gasteiger partial charge >= 0.3 is 17.6 Å². The number of hydrogen-bond donors (Lipinski definition) is 0. The Bertz CT molecular complexity index is 1770. The number of aromatic nitrogens is 8. The number of hydrogen-bond acceptors (Lipinski definition) is 9. The quantitative estimate of drug-likeness (QED) is 0.338. The zero-order chi connectivity index (χ0) is 25.8. The third kappa shape index (κ3) is 3.91. The first kappa shape index (κ1) is 23.0. The third-order valence-electron chi connectivity index (χ3n) is 5.39. The first-order chi connectivity index (χ1) is 17.0. The number of nitrogens with zero attached hydrogens (tertiary/aromatic N) is 8. The molecule has 186 valence electrons. The largest absolute Gasteiger partial charge is 0.437 e. The highest BCUT2D eigenvalue weighted by Crippen LogP contribution is 2.30. The van der Waals surface area contributed by atoms with Crippen LogP contribution in [0.3, 0.4) is 0 Å². The summed E-state index contributed by atoms with van der Waals surface area (Å²) in [5, 5.41) is 7.79. The van der Waals surface area contributed by atoms with E-state index in [4.69, 9.17) is 8.94 Å². The Labute approximate surface area is 196 Å². The van der Waals surface area contributed by atoms with E-state index in [2.05, 4.69) is 20.2 Å². The number of imidazole rings is 1. The van der Waals surface area contributed by atoms with Crippen molar-refractivity contribution in [1.29, 1.82) is 0 Å². The van der Waals surface area contributed by atoms with Crippen molar-refractivity contribution in [3.05, 3.63) is 79.3 Å². The van der Waals surface area contributed by atoms with Gasteiger partial charge in [0, 0.05) is 19.7 Å². The fraction of sp³-hybridized carbons (Fsp3) is 0.250. The second-order valence-electron chi connectivity index (χ2n) is 7.76. The molecule has 0 aliphatic heterocycles. The Kier molecular flexibility index (Phi) is 5.22. The van der Waals surface area contributed by atoms with Gasteiger partial charge in [-0.3, -0.25) is 13.9 Å². The molecule has 5 aromatic rings. The Morgan fingerprint density at radius 3 is 2.42 bits per heavy atom. The molecule has 4 aromatic heterocycles. The van der Waals surface area contributed by atoms with Crippen LogP contribution in [0.1, 0.15) is 17.3 Å². The zero-order valence-corrected chi connectivity index (χ0v) is 18.6. The molecule has 0 unspecified atom stereocenters. The van der Waals surface area contributed by atoms with Gasteiger partial charge in [0.05, 0.1) is 11.9 Å². The molecule has 0 aliphatic carbocycles. The van der Waals surface area contributed by atoms with Crippen LogP contribution in [0.5, 0.6) is 0 Å². The first-order valence-electron chi connectivity index (χ1n) is 10.2. The van der Waals surface area contributed by atoms with Crippen molar-refractivity contribution in [2.45, 2.75) is 19.3 Å². The summed E-state index contributed by atoms with van der Waals surface area (Å²) in [7, 11) is 2.81. The molecule has 1 aromatic carbocycles. The number of alkyl halides is 3. The van der Waals surface area contributed by atoms with Crippen LogP contribution < -0.4 is 17.0 Å². The van der Waals surface area contributed by atoms with Crippen LogP contribution in [0.2, 0.25) is 0 Å². The number of aryl methyl sites for hydroxylation is 1. The van der Waals surface area contributed by atoms with Crippen LogP contribution in [0, 0.1) is 0 Å². The minimum atomic E-state index is -4.48. The summed E-state index contributed by atoms with van der Waals surface area (Å²) in [6.45, 7) is -0.372. The predicted octanol–water partition coefficient (Wildman–Crippen LogP) is 0.749. The lowest BCUT2D eigenvalue weighted by Gasteiger charge is -2.05. The van der Waals surface area contributed by atoms with Crippen LogP contribution in [0.25, 0.3) is 22.6 Å². The van der Waals surface area contributed by atoms with Crippen molar-refractivity contribution in [2.24, 2.45) is 14.1 Å². The van der Waals surface area contributed by atoms with Crippen molar-refractivity contribution < 1.29 is 22.1 Å². The van der Waals surface area contributed by atoms with E-state index in [-0.39, 0.29) is 47.4 Å². The second kappa shape index (κ2) is 8.17. The molecule has 0 fully saturated rings. The summed E-state index contributed by atoms with van der Waals surface area (Å²) < 4.78 is 52.9. The van der Waals surface area contributed by atoms with Crippen molar-refractivity contribution in [3.63, 3.8) is 0 Å². The average molecular weight is 504 g/mol. The molecule has 0 spiro atoms. The molecule has 4 heterocycles. The standard InChI is InChI=1S/C20H15F3N8O5/c1-28-15-14(17(32)29(2)18(28)33)30(9-24-15)8-13-26-31(19(34)35-13)7-12-25-16(36-27-12)10-3-5-11(6-4-10)20(21,22)23/h3-6,9H,7-8H2,1-2H3. The summed E-state index contributed by atoms with van der Waals surface area (Å²) in [5.41, 5.74) is -1.39. The van der Waals surface area contributed by atoms with Gasteiger partial charge in [-0.2, -0.15) is 22.8 Å². The fourth-order valence-corrected chi connectivity index (χ4v) is 3.55. The molecule has 0 amide bonds. The predicted molar refractivity (Wildman–Crippen MR) is 114 cm³/mol. The molecule has 0 saturated carbocycles. The van der Waals surface area contributed by atoms with Crippen molar-refractivity contribution in [3.8, 4) is 11.5 Å². The molecule has 0 atom stereocenters. The van der Waals surface area contributed by atoms with E-state index in [9.17, 15) is 27.6 Å². The molecule has 0 aliphatic rings. The van der Waals surface area contributed by atoms with Gasteiger partial charge in [0.1, 0.15) is 13.1 Å². The third-order valence-corrected chi connectivity index (χ3v) is 5.39. The van der Waals surface area contributed by atoms with Crippen LogP contribution in [-0.2, 0) is 33.4 Å². The van der Waals surface area contributed by atoms with E-state index in [1.165, 1.54) is 41.7 Å². The number of fused-ring (bicyclic) bond motifs is 1. The van der Waals surface area contributed by atoms with Gasteiger partial charge in [0.2, 0.25) is 5.89 Å². The summed E-state index contributed by atoms with van der Waals surface area (Å²) in [6.07, 6.45) is -3.16. The summed E-state index contributed by atoms with van der Waals surface area (Å²) in [6, 6.07) is 4.16. The van der Waals surface area contributed by atoms with Gasteiger partial charge in [-0.1, -0.05) is 5.16 Å². The molecule has 0 radical (unpaired) electrons. The summed E-state index contributed by atoms with van der Waals surface area (Å²) in [5.74, 6) is -0.900. The van der Waals surface area contributed by atoms with Crippen molar-refractivity contribution in [2.75, 3.05) is 0 Å². The number of rotatable bonds is 5. The highest BCUT2D eigenvalue weighted by molar-refractivity contribution is 5.70. The Hall–Kier alpha value is -4.76. The topological polar surface area (TPSA) is 149 Å². The minimum absolute atomic E-state index is 0.0313. The first-order valence-corrected chi connectivity index (χ1v) is 10.2. The molecule has 13 nitrogen and oxygen atoms in total. The van der Waals surface area contributed by atoms with Crippen LogP contribution >= 0.6 is 0 Å². The van der Waals surface area contributed by atoms with E-state index >= 15 is 0 Å². The zero-order valence-electron chi connectivity index (χ0n) is 18.6. The van der Waals surface area contributed by atoms with Gasteiger partial charge in [-0.05, 0) is 24.3 Å². The van der Waals surface area contributed by atoms with Gasteiger partial charge in [-0.15, -0.1) is 5.10 Å². The molecule has 0 bridgehead atoms. The maximum absolute atomic E-state index is 12.7. The number of benzene rings is 1. The average Bonchev–Trinajstić information content (AvgIpc) is 3.56. The molecular formula is C20H15F3N8O5. The van der Waals surface area contributed by atoms with Crippen molar-refractivity contribution >= 4 is 11.2 Å². The minimum Gasteiger partial charge on any atom is -0.390 e. The summed E-state index contributed by atoms with van der Waals surface area (Å²) in [4.78, 5) is 45.1. The lowest BCUT2D eigenvalue weighted by Crippen LogP contribution is -2.37. The van der Waals surface area contributed by atoms with Crippen molar-refractivity contribution in [1.82, 2.24) is 38.6 Å². The van der Waals surface area contributed by atoms with E-state index in [1.807, 2.05) is 0 Å². The van der Waals surface area contributed by atoms with Crippen LogP contribution in [0.4, 0.5) is 13.2 Å². The fourth-order valence-electron chi connectivity index (χ4n) is 3.55. The maximum Gasteiger partial charge on any atom is 0.437 e. The highest BCUT2D eigenvalue weighted by Gasteiger charge is 2.30. The van der Waals surface area contributed by atoms with E-state index in [1.54, 1.807) is 0 Å². The maximum atomic E-state index is 12.7. The normalized spacial score (nSPS) is 12.0. The second-order valence-corrected chi connectivity index (χ2v) is 7.76. The van der Waals surface area contributed by atoms with Gasteiger partial charge in [0.25, 0.3) is 11.4 Å². The lowest BCUT2D eigenvalue weighted by atomic mass is 10.1. The number of halogens is 3. The molecule has 0 N–H and O–H groups in total. The molecule has 0 saturated heterocycles. The SMILES string of the molecule is Cn1c(=O)c2c(ncn2Cc2nn(Cc3noc(-c4ccc(C(F)(F)F)cc4)n3)c(=O)o2)n(C)c1=O. The van der Waals surface area contributed by atoms with Crippen LogP contribution in [-0.4, -0.2) is 38.6 Å². The molecule has 36 heavy (non-hydrogen) atoms. The monoisotopic (exact) mass is 504 g/mol. The molecule has 16 heteroatoms. The van der Waals surface area contributed by atoms with Gasteiger partial charge in [0.15, 0.2) is 17.0 Å². The Morgan fingerprint density at radius 1 is 1.00 bits per heavy atom. The Balaban J connectivity index is 1.38. The molecule has 5 rings (SSSR count). The van der Waals surface area contributed by atoms with Gasteiger partial charge < -0.3 is 13.5 Å². The van der Waals surface area contributed by atoms with E-state index in [0.717, 1.165) is 21.4 Å². The smallest absolute Gasteiger partial charge is 0.390 e. The summed E-state index contributed by atoms with van der Waals surface area (Å²) >= 11 is 0.